The number of thiophene rings is 1. The summed E-state index contributed by atoms with van der Waals surface area (Å²) in [5.41, 5.74) is 0. The van der Waals surface area contributed by atoms with Crippen LogP contribution >= 0.6 is 27.3 Å². The van der Waals surface area contributed by atoms with Crippen LogP contribution in [0.4, 0.5) is 0 Å². The number of benzene rings is 1. The minimum absolute atomic E-state index is 0.203. The van der Waals surface area contributed by atoms with Gasteiger partial charge in [0, 0.05) is 27.9 Å². The summed E-state index contributed by atoms with van der Waals surface area (Å²) in [7, 11) is -1.95. The molecule has 0 amide bonds. The molecule has 1 N–H and O–H groups in total. The van der Waals surface area contributed by atoms with Crippen molar-refractivity contribution in [3.05, 3.63) is 50.6 Å². The fraction of sp³-hybridized carbons (Fsp3) is 0.286. The van der Waals surface area contributed by atoms with Gasteiger partial charge in [-0.1, -0.05) is 15.9 Å². The highest BCUT2D eigenvalue weighted by molar-refractivity contribution is 9.10. The summed E-state index contributed by atoms with van der Waals surface area (Å²) in [6.45, 7) is 2.21. The van der Waals surface area contributed by atoms with E-state index in [2.05, 4.69) is 20.7 Å². The van der Waals surface area contributed by atoms with E-state index in [-0.39, 0.29) is 17.5 Å². The van der Waals surface area contributed by atoms with Crippen LogP contribution in [0.1, 0.15) is 15.9 Å². The molecule has 0 saturated carbocycles. The lowest BCUT2D eigenvalue weighted by Crippen LogP contribution is -2.29. The lowest BCUT2D eigenvalue weighted by atomic mass is 10.3. The van der Waals surface area contributed by atoms with Crippen LogP contribution in [0.15, 0.2) is 45.8 Å². The third-order valence-electron chi connectivity index (χ3n) is 2.95. The zero-order valence-corrected chi connectivity index (χ0v) is 14.9. The maximum absolute atomic E-state index is 12.2. The predicted molar refractivity (Wildman–Crippen MR) is 88.1 cm³/mol. The van der Waals surface area contributed by atoms with Crippen molar-refractivity contribution in [2.24, 2.45) is 0 Å². The van der Waals surface area contributed by atoms with Crippen LogP contribution in [-0.2, 0) is 14.8 Å². The number of nitrogens with one attached hydrogen (secondary N) is 1. The molecule has 2 rings (SSSR count). The summed E-state index contributed by atoms with van der Waals surface area (Å²) in [6, 6.07) is 10.5. The van der Waals surface area contributed by atoms with Gasteiger partial charge in [0.2, 0.25) is 10.0 Å². The molecule has 0 spiro atoms. The molecular formula is C14H16BrNO3S2. The molecule has 21 heavy (non-hydrogen) atoms. The Kier molecular flexibility index (Phi) is 5.56. The van der Waals surface area contributed by atoms with Gasteiger partial charge in [-0.25, -0.2) is 13.1 Å². The zero-order valence-electron chi connectivity index (χ0n) is 11.7. The Hall–Kier alpha value is -0.730. The van der Waals surface area contributed by atoms with Crippen molar-refractivity contribution in [3.63, 3.8) is 0 Å². The largest absolute Gasteiger partial charge is 0.375 e. The van der Waals surface area contributed by atoms with Gasteiger partial charge in [-0.2, -0.15) is 0 Å². The Morgan fingerprint density at radius 1 is 1.24 bits per heavy atom. The number of hydrogen-bond donors (Lipinski definition) is 1. The van der Waals surface area contributed by atoms with Gasteiger partial charge in [-0.15, -0.1) is 11.3 Å². The molecule has 0 bridgehead atoms. The number of ether oxygens (including phenoxy) is 1. The van der Waals surface area contributed by atoms with E-state index in [1.807, 2.05) is 19.1 Å². The summed E-state index contributed by atoms with van der Waals surface area (Å²) in [5.74, 6) is 0. The number of halogens is 1. The molecule has 1 unspecified atom stereocenters. The van der Waals surface area contributed by atoms with Crippen molar-refractivity contribution in [1.82, 2.24) is 4.72 Å². The molecule has 0 aliphatic carbocycles. The number of aryl methyl sites for hydroxylation is 1. The van der Waals surface area contributed by atoms with Gasteiger partial charge in [-0.05, 0) is 43.3 Å². The average Bonchev–Trinajstić information content (AvgIpc) is 2.86. The van der Waals surface area contributed by atoms with E-state index in [9.17, 15) is 8.42 Å². The first-order valence-corrected chi connectivity index (χ1v) is 9.36. The summed E-state index contributed by atoms with van der Waals surface area (Å²) >= 11 is 4.89. The van der Waals surface area contributed by atoms with Gasteiger partial charge in [0.05, 0.1) is 4.90 Å². The van der Waals surface area contributed by atoms with Crippen molar-refractivity contribution in [3.8, 4) is 0 Å². The molecule has 1 atom stereocenters. The maximum atomic E-state index is 12.2. The summed E-state index contributed by atoms with van der Waals surface area (Å²) in [5, 5.41) is 0. The van der Waals surface area contributed by atoms with Gasteiger partial charge >= 0.3 is 0 Å². The van der Waals surface area contributed by atoms with E-state index in [0.717, 1.165) is 9.35 Å². The average molecular weight is 390 g/mol. The van der Waals surface area contributed by atoms with Gasteiger partial charge in [0.1, 0.15) is 6.10 Å². The summed E-state index contributed by atoms with van der Waals surface area (Å²) in [4.78, 5) is 2.42. The maximum Gasteiger partial charge on any atom is 0.240 e. The summed E-state index contributed by atoms with van der Waals surface area (Å²) in [6.07, 6.45) is -0.283. The first kappa shape index (κ1) is 16.6. The summed E-state index contributed by atoms with van der Waals surface area (Å²) < 4.78 is 33.2. The minimum Gasteiger partial charge on any atom is -0.375 e. The van der Waals surface area contributed by atoms with Gasteiger partial charge in [0.25, 0.3) is 0 Å². The van der Waals surface area contributed by atoms with E-state index >= 15 is 0 Å². The van der Waals surface area contributed by atoms with E-state index < -0.39 is 10.0 Å². The number of sulfonamides is 1. The predicted octanol–water partition coefficient (Wildman–Crippen LogP) is 3.49. The second-order valence-electron chi connectivity index (χ2n) is 4.48. The fourth-order valence-electron chi connectivity index (χ4n) is 1.81. The number of rotatable bonds is 6. The lowest BCUT2D eigenvalue weighted by molar-refractivity contribution is 0.110. The van der Waals surface area contributed by atoms with Crippen molar-refractivity contribution >= 4 is 37.3 Å². The van der Waals surface area contributed by atoms with Crippen molar-refractivity contribution < 1.29 is 13.2 Å². The van der Waals surface area contributed by atoms with Crippen molar-refractivity contribution in [1.29, 1.82) is 0 Å². The standard InChI is InChI=1S/C14H16BrNO3S2/c1-10-3-8-14(20-10)13(19-2)9-16-21(17,18)12-6-4-11(15)5-7-12/h3-8,13,16H,9H2,1-2H3. The highest BCUT2D eigenvalue weighted by atomic mass is 79.9. The normalized spacial score (nSPS) is 13.3. The first-order chi connectivity index (χ1) is 9.92. The number of hydrogen-bond acceptors (Lipinski definition) is 4. The van der Waals surface area contributed by atoms with Gasteiger partial charge in [0.15, 0.2) is 0 Å². The molecule has 0 saturated heterocycles. The molecule has 1 aromatic heterocycles. The smallest absolute Gasteiger partial charge is 0.240 e. The highest BCUT2D eigenvalue weighted by Gasteiger charge is 2.18. The van der Waals surface area contributed by atoms with E-state index in [0.29, 0.717) is 0 Å². The topological polar surface area (TPSA) is 55.4 Å². The zero-order chi connectivity index (χ0) is 15.5. The highest BCUT2D eigenvalue weighted by Crippen LogP contribution is 2.25. The molecule has 7 heteroatoms. The Morgan fingerprint density at radius 2 is 1.90 bits per heavy atom. The third kappa shape index (κ3) is 4.37. The molecule has 1 heterocycles. The monoisotopic (exact) mass is 389 g/mol. The second-order valence-corrected chi connectivity index (χ2v) is 8.48. The van der Waals surface area contributed by atoms with Crippen LogP contribution in [-0.4, -0.2) is 22.1 Å². The number of methoxy groups -OCH3 is 1. The second kappa shape index (κ2) is 7.02. The Morgan fingerprint density at radius 3 is 2.43 bits per heavy atom. The molecular weight excluding hydrogens is 374 g/mol. The molecule has 4 nitrogen and oxygen atoms in total. The fourth-order valence-corrected chi connectivity index (χ4v) is 4.06. The lowest BCUT2D eigenvalue weighted by Gasteiger charge is -2.15. The molecule has 0 radical (unpaired) electrons. The molecule has 0 fully saturated rings. The van der Waals surface area contributed by atoms with Crippen LogP contribution in [0.3, 0.4) is 0 Å². The van der Waals surface area contributed by atoms with Crippen LogP contribution in [0.25, 0.3) is 0 Å². The third-order valence-corrected chi connectivity index (χ3v) is 6.01. The van der Waals surface area contributed by atoms with Crippen LogP contribution < -0.4 is 4.72 Å². The Bertz CT molecular complexity index is 695. The van der Waals surface area contributed by atoms with E-state index in [4.69, 9.17) is 4.74 Å². The quantitative estimate of drug-likeness (QED) is 0.822. The van der Waals surface area contributed by atoms with Crippen molar-refractivity contribution in [2.75, 3.05) is 13.7 Å². The molecule has 114 valence electrons. The SMILES string of the molecule is COC(CNS(=O)(=O)c1ccc(Br)cc1)c1ccc(C)s1. The molecule has 0 aliphatic heterocycles. The van der Waals surface area contributed by atoms with Crippen molar-refractivity contribution in [2.45, 2.75) is 17.9 Å². The van der Waals surface area contributed by atoms with E-state index in [1.165, 1.54) is 4.88 Å². The van der Waals surface area contributed by atoms with Crippen LogP contribution in [0.5, 0.6) is 0 Å². The molecule has 2 aromatic rings. The van der Waals surface area contributed by atoms with Crippen LogP contribution in [0.2, 0.25) is 0 Å². The Balaban J connectivity index is 2.08. The van der Waals surface area contributed by atoms with E-state index in [1.54, 1.807) is 42.7 Å². The van der Waals surface area contributed by atoms with Gasteiger partial charge < -0.3 is 4.74 Å². The van der Waals surface area contributed by atoms with Gasteiger partial charge in [-0.3, -0.25) is 0 Å². The first-order valence-electron chi connectivity index (χ1n) is 6.27. The molecule has 0 aliphatic rings. The molecule has 1 aromatic carbocycles. The van der Waals surface area contributed by atoms with Crippen LogP contribution in [0, 0.1) is 6.92 Å². The Labute approximate surface area is 137 Å². The minimum atomic E-state index is -3.53.